The maximum Gasteiger partial charge on any atom is 0.358 e. The van der Waals surface area contributed by atoms with Crippen LogP contribution in [0.4, 0.5) is 0 Å². The molecule has 0 fully saturated rings. The molecular weight excluding hydrogens is 173 g/mol. The van der Waals surface area contributed by atoms with Crippen molar-refractivity contribution in [3.63, 3.8) is 0 Å². The molecule has 2 radical (unpaired) electrons. The Labute approximate surface area is 78.3 Å². The summed E-state index contributed by atoms with van der Waals surface area (Å²) in [7, 11) is 0. The lowest BCUT2D eigenvalue weighted by molar-refractivity contribution is 0.0521. The number of hydrogen-bond donors (Lipinski definition) is 0. The Morgan fingerprint density at radius 1 is 1.75 bits per heavy atom. The quantitative estimate of drug-likeness (QED) is 0.474. The summed E-state index contributed by atoms with van der Waals surface area (Å²) in [6.07, 6.45) is 0. The number of aryl methyl sites for hydroxylation is 1. The fraction of sp³-hybridized carbons (Fsp3) is 0.429. The van der Waals surface area contributed by atoms with Crippen LogP contribution in [0.15, 0.2) is 4.42 Å². The monoisotopic (exact) mass is 181 g/mol. The summed E-state index contributed by atoms with van der Waals surface area (Å²) in [6, 6.07) is 0. The van der Waals surface area contributed by atoms with Crippen molar-refractivity contribution >= 4 is 26.9 Å². The summed E-state index contributed by atoms with van der Waals surface area (Å²) >= 11 is 2.30. The smallest absolute Gasteiger partial charge is 0.358 e. The van der Waals surface area contributed by atoms with E-state index in [2.05, 4.69) is 21.3 Å². The lowest BCUT2D eigenvalue weighted by Crippen LogP contribution is -2.15. The number of carbonyl (C=O) groups is 1. The van der Waals surface area contributed by atoms with Crippen molar-refractivity contribution in [2.24, 2.45) is 0 Å². The van der Waals surface area contributed by atoms with Crippen molar-refractivity contribution in [2.75, 3.05) is 6.61 Å². The molecule has 0 aromatic carbocycles. The number of rotatable bonds is 2. The number of ether oxygens (including phenoxy) is 1. The number of oxazole rings is 1. The summed E-state index contributed by atoms with van der Waals surface area (Å²) in [4.78, 5) is 15.0. The van der Waals surface area contributed by atoms with Gasteiger partial charge in [0.2, 0.25) is 16.3 Å². The van der Waals surface area contributed by atoms with E-state index < -0.39 is 5.97 Å². The van der Waals surface area contributed by atoms with Gasteiger partial charge in [0.1, 0.15) is 0 Å². The second-order valence-corrected chi connectivity index (χ2v) is 2.69. The van der Waals surface area contributed by atoms with Gasteiger partial charge in [0, 0.05) is 11.5 Å². The van der Waals surface area contributed by atoms with Gasteiger partial charge < -0.3 is 9.15 Å². The first-order valence-corrected chi connectivity index (χ1v) is 4.13. The van der Waals surface area contributed by atoms with Crippen LogP contribution >= 0.6 is 0 Å². The minimum atomic E-state index is -0.445. The third-order valence-corrected chi connectivity index (χ3v) is 1.62. The third-order valence-electron chi connectivity index (χ3n) is 1.23. The van der Waals surface area contributed by atoms with Crippen LogP contribution in [-0.4, -0.2) is 33.9 Å². The highest BCUT2D eigenvalue weighted by atomic mass is 27.0. The topological polar surface area (TPSA) is 52.3 Å². The van der Waals surface area contributed by atoms with Crippen LogP contribution in [0.5, 0.6) is 0 Å². The fourth-order valence-corrected chi connectivity index (χ4v) is 1.14. The predicted molar refractivity (Wildman–Crippen MR) is 42.6 cm³/mol. The maximum absolute atomic E-state index is 11.1. The van der Waals surface area contributed by atoms with Gasteiger partial charge >= 0.3 is 5.97 Å². The lowest BCUT2D eigenvalue weighted by Gasteiger charge is -1.97. The molecule has 0 aliphatic rings. The normalized spacial score (nSPS) is 9.83. The van der Waals surface area contributed by atoms with E-state index in [9.17, 15) is 4.79 Å². The van der Waals surface area contributed by atoms with Crippen LogP contribution < -0.4 is 4.62 Å². The molecule has 1 aromatic heterocycles. The Balaban J connectivity index is 2.87. The highest BCUT2D eigenvalue weighted by molar-refractivity contribution is 6.33. The molecule has 1 rings (SSSR count). The van der Waals surface area contributed by atoms with Crippen molar-refractivity contribution in [3.8, 4) is 0 Å². The molecule has 1 aromatic rings. The van der Waals surface area contributed by atoms with E-state index in [1.54, 1.807) is 13.8 Å². The van der Waals surface area contributed by atoms with Crippen molar-refractivity contribution < 1.29 is 13.9 Å². The minimum Gasteiger partial charge on any atom is -0.467 e. The first kappa shape index (κ1) is 9.30. The zero-order valence-electron chi connectivity index (χ0n) is 6.96. The number of hydrogen-bond acceptors (Lipinski definition) is 4. The summed E-state index contributed by atoms with van der Waals surface area (Å²) in [5.74, 6) is 0.0161. The number of esters is 1. The SMILES string of the molecule is CCOC(=O)c1nc(C)o[c]1[Al]. The second-order valence-electron chi connectivity index (χ2n) is 2.17. The number of carbonyl (C=O) groups excluding carboxylic acids is 1. The van der Waals surface area contributed by atoms with Gasteiger partial charge in [-0.15, -0.1) is 0 Å². The predicted octanol–water partition coefficient (Wildman–Crippen LogP) is -0.0465. The van der Waals surface area contributed by atoms with Crippen LogP contribution in [0.3, 0.4) is 0 Å². The Kier molecular flexibility index (Phi) is 2.90. The molecule has 0 amide bonds. The average molecular weight is 181 g/mol. The molecule has 0 aliphatic heterocycles. The summed E-state index contributed by atoms with van der Waals surface area (Å²) < 4.78 is 10.2. The van der Waals surface area contributed by atoms with Gasteiger partial charge in [0.15, 0.2) is 11.6 Å². The van der Waals surface area contributed by atoms with Gasteiger partial charge in [0.05, 0.1) is 6.61 Å². The largest absolute Gasteiger partial charge is 0.467 e. The van der Waals surface area contributed by atoms with Gasteiger partial charge in [-0.05, 0) is 6.92 Å². The molecule has 4 nitrogen and oxygen atoms in total. The van der Waals surface area contributed by atoms with Gasteiger partial charge in [-0.25, -0.2) is 9.78 Å². The Bertz CT molecular complexity index is 295. The molecule has 0 N–H and O–H groups in total. The van der Waals surface area contributed by atoms with Crippen molar-refractivity contribution in [2.45, 2.75) is 13.8 Å². The van der Waals surface area contributed by atoms with E-state index in [0.717, 1.165) is 0 Å². The molecule has 0 saturated carbocycles. The molecule has 0 unspecified atom stereocenters. The zero-order chi connectivity index (χ0) is 9.14. The number of aromatic nitrogens is 1. The van der Waals surface area contributed by atoms with E-state index in [1.807, 2.05) is 0 Å². The van der Waals surface area contributed by atoms with Gasteiger partial charge in [-0.1, -0.05) is 0 Å². The maximum atomic E-state index is 11.1. The standard InChI is InChI=1S/C7H8NO3.Al/c1-3-10-7(9)6-4-11-5(2)8-6;/h3H2,1-2H3;. The third kappa shape index (κ3) is 1.87. The van der Waals surface area contributed by atoms with Crippen LogP contribution in [0.2, 0.25) is 0 Å². The second kappa shape index (κ2) is 3.75. The Morgan fingerprint density at radius 2 is 2.42 bits per heavy atom. The van der Waals surface area contributed by atoms with Crippen molar-refractivity contribution in [1.82, 2.24) is 4.98 Å². The molecule has 1 heterocycles. The molecule has 0 spiro atoms. The van der Waals surface area contributed by atoms with Crippen molar-refractivity contribution in [3.05, 3.63) is 11.6 Å². The van der Waals surface area contributed by atoms with Crippen LogP contribution in [0.1, 0.15) is 23.3 Å². The highest BCUT2D eigenvalue weighted by Gasteiger charge is 2.14. The Hall–Kier alpha value is -0.788. The molecule has 12 heavy (non-hydrogen) atoms. The van der Waals surface area contributed by atoms with Crippen molar-refractivity contribution in [1.29, 1.82) is 0 Å². The van der Waals surface area contributed by atoms with E-state index >= 15 is 0 Å². The van der Waals surface area contributed by atoms with Crippen LogP contribution in [0.25, 0.3) is 0 Å². The molecule has 0 aliphatic carbocycles. The van der Waals surface area contributed by atoms with E-state index in [1.165, 1.54) is 0 Å². The lowest BCUT2D eigenvalue weighted by atomic mass is 10.5. The minimum absolute atomic E-state index is 0.236. The first-order valence-electron chi connectivity index (χ1n) is 3.55. The van der Waals surface area contributed by atoms with Gasteiger partial charge in [-0.3, -0.25) is 0 Å². The fourth-order valence-electron chi connectivity index (χ4n) is 0.789. The number of nitrogens with zero attached hydrogens (tertiary/aromatic N) is 1. The zero-order valence-corrected chi connectivity index (χ0v) is 8.11. The highest BCUT2D eigenvalue weighted by Crippen LogP contribution is 1.98. The van der Waals surface area contributed by atoms with Gasteiger partial charge in [0.25, 0.3) is 0 Å². The summed E-state index contributed by atoms with van der Waals surface area (Å²) in [6.45, 7) is 3.76. The molecular formula is C7H8AlNO3. The van der Waals surface area contributed by atoms with E-state index in [4.69, 9.17) is 9.15 Å². The summed E-state index contributed by atoms with van der Waals surface area (Å²) in [5, 5.41) is 0. The van der Waals surface area contributed by atoms with Gasteiger partial charge in [-0.2, -0.15) is 0 Å². The van der Waals surface area contributed by atoms with Crippen LogP contribution in [0, 0.1) is 6.92 Å². The molecule has 62 valence electrons. The first-order chi connectivity index (χ1) is 5.65. The molecule has 0 bridgehead atoms. The average Bonchev–Trinajstić information content (AvgIpc) is 2.30. The van der Waals surface area contributed by atoms with E-state index in [-0.39, 0.29) is 5.69 Å². The van der Waals surface area contributed by atoms with E-state index in [0.29, 0.717) is 17.1 Å². The molecule has 5 heteroatoms. The molecule has 0 atom stereocenters. The van der Waals surface area contributed by atoms with Crippen LogP contribution in [-0.2, 0) is 4.74 Å². The summed E-state index contributed by atoms with van der Waals surface area (Å²) in [5.41, 5.74) is 0.236. The Morgan fingerprint density at radius 3 is 2.83 bits per heavy atom. The molecule has 0 saturated heterocycles.